The topological polar surface area (TPSA) is 40.9 Å². The lowest BCUT2D eigenvalue weighted by Gasteiger charge is -2.35. The van der Waals surface area contributed by atoms with Crippen molar-refractivity contribution in [3.8, 4) is 0 Å². The molecule has 0 aliphatic carbocycles. The van der Waals surface area contributed by atoms with Gasteiger partial charge in [-0.3, -0.25) is 4.99 Å². The van der Waals surface area contributed by atoms with Gasteiger partial charge in [0.15, 0.2) is 5.84 Å². The fourth-order valence-corrected chi connectivity index (χ4v) is 2.80. The molecule has 1 atom stereocenters. The van der Waals surface area contributed by atoms with Crippen LogP contribution in [0.4, 0.5) is 13.2 Å². The molecule has 2 aliphatic heterocycles. The molecule has 0 amide bonds. The SMILES string of the molecule is CN1C(c2nc(Cl)ccc2Cl)=NC2=CC(C(F)(F)F)=NCC21C. The standard InChI is InChI=1S/C14H11Cl2F3N4/c1-13-6-20-9(14(17,18)19)5-8(13)21-12(23(13)2)11-7(15)3-4-10(16)22-11/h3-5H,6H2,1-2H3. The van der Waals surface area contributed by atoms with Crippen molar-refractivity contribution in [3.63, 3.8) is 0 Å². The number of hydrogen-bond donors (Lipinski definition) is 0. The molecule has 23 heavy (non-hydrogen) atoms. The monoisotopic (exact) mass is 362 g/mol. The number of rotatable bonds is 1. The Bertz CT molecular complexity index is 770. The third-order valence-corrected chi connectivity index (χ3v) is 4.50. The summed E-state index contributed by atoms with van der Waals surface area (Å²) < 4.78 is 38.6. The highest BCUT2D eigenvalue weighted by Gasteiger charge is 2.47. The van der Waals surface area contributed by atoms with Crippen molar-refractivity contribution < 1.29 is 13.2 Å². The first-order valence-electron chi connectivity index (χ1n) is 6.62. The van der Waals surface area contributed by atoms with Gasteiger partial charge in [0.05, 0.1) is 17.3 Å². The van der Waals surface area contributed by atoms with Crippen LogP contribution >= 0.6 is 23.2 Å². The van der Waals surface area contributed by atoms with E-state index in [1.54, 1.807) is 24.9 Å². The minimum atomic E-state index is -4.50. The summed E-state index contributed by atoms with van der Waals surface area (Å²) in [6.45, 7) is 1.71. The molecule has 0 aromatic carbocycles. The van der Waals surface area contributed by atoms with Crippen molar-refractivity contribution in [2.24, 2.45) is 9.98 Å². The molecule has 1 aromatic heterocycles. The maximum atomic E-state index is 12.9. The van der Waals surface area contributed by atoms with Crippen molar-refractivity contribution in [2.75, 3.05) is 13.6 Å². The third-order valence-electron chi connectivity index (χ3n) is 3.98. The van der Waals surface area contributed by atoms with Crippen molar-refractivity contribution in [3.05, 3.63) is 39.8 Å². The van der Waals surface area contributed by atoms with Crippen LogP contribution < -0.4 is 0 Å². The van der Waals surface area contributed by atoms with E-state index in [1.807, 2.05) is 0 Å². The Labute approximate surface area is 140 Å². The number of amidine groups is 1. The van der Waals surface area contributed by atoms with Gasteiger partial charge in [-0.1, -0.05) is 23.2 Å². The van der Waals surface area contributed by atoms with Gasteiger partial charge in [0.25, 0.3) is 0 Å². The van der Waals surface area contributed by atoms with Gasteiger partial charge in [-0.05, 0) is 25.1 Å². The van der Waals surface area contributed by atoms with E-state index in [0.29, 0.717) is 16.6 Å². The number of aromatic nitrogens is 1. The minimum absolute atomic E-state index is 0.0602. The molecule has 0 spiro atoms. The second-order valence-electron chi connectivity index (χ2n) is 5.46. The van der Waals surface area contributed by atoms with E-state index in [4.69, 9.17) is 23.2 Å². The summed E-state index contributed by atoms with van der Waals surface area (Å²) in [4.78, 5) is 13.8. The van der Waals surface area contributed by atoms with E-state index < -0.39 is 17.4 Å². The number of likely N-dealkylation sites (N-methyl/N-ethyl adjacent to an activating group) is 1. The Morgan fingerprint density at radius 2 is 1.96 bits per heavy atom. The summed E-state index contributed by atoms with van der Waals surface area (Å²) in [7, 11) is 1.71. The van der Waals surface area contributed by atoms with E-state index in [-0.39, 0.29) is 17.4 Å². The Balaban J connectivity index is 2.09. The molecule has 0 bridgehead atoms. The maximum absolute atomic E-state index is 12.9. The van der Waals surface area contributed by atoms with Gasteiger partial charge in [0.1, 0.15) is 22.1 Å². The first-order chi connectivity index (χ1) is 10.6. The lowest BCUT2D eigenvalue weighted by Crippen LogP contribution is -2.48. The van der Waals surface area contributed by atoms with Crippen molar-refractivity contribution in [2.45, 2.75) is 18.6 Å². The highest BCUT2D eigenvalue weighted by atomic mass is 35.5. The highest BCUT2D eigenvalue weighted by Crippen LogP contribution is 2.38. The van der Waals surface area contributed by atoms with E-state index in [2.05, 4.69) is 15.0 Å². The Morgan fingerprint density at radius 1 is 1.26 bits per heavy atom. The smallest absolute Gasteiger partial charge is 0.345 e. The van der Waals surface area contributed by atoms with Crippen LogP contribution in [0.2, 0.25) is 10.2 Å². The van der Waals surface area contributed by atoms with Gasteiger partial charge in [0.2, 0.25) is 0 Å². The zero-order valence-corrected chi connectivity index (χ0v) is 13.6. The number of nitrogens with zero attached hydrogens (tertiary/aromatic N) is 4. The molecule has 3 heterocycles. The fourth-order valence-electron chi connectivity index (χ4n) is 2.46. The number of fused-ring (bicyclic) bond motifs is 1. The zero-order valence-electron chi connectivity index (χ0n) is 12.1. The van der Waals surface area contributed by atoms with Gasteiger partial charge in [-0.15, -0.1) is 0 Å². The lowest BCUT2D eigenvalue weighted by atomic mass is 9.94. The predicted octanol–water partition coefficient (Wildman–Crippen LogP) is 3.74. The van der Waals surface area contributed by atoms with Crippen LogP contribution in [-0.2, 0) is 0 Å². The third kappa shape index (κ3) is 2.61. The normalized spacial score (nSPS) is 24.1. The van der Waals surface area contributed by atoms with E-state index in [1.165, 1.54) is 6.07 Å². The van der Waals surface area contributed by atoms with Gasteiger partial charge in [0, 0.05) is 7.05 Å². The van der Waals surface area contributed by atoms with E-state index >= 15 is 0 Å². The van der Waals surface area contributed by atoms with Crippen molar-refractivity contribution >= 4 is 34.7 Å². The van der Waals surface area contributed by atoms with Crippen LogP contribution in [0.5, 0.6) is 0 Å². The minimum Gasteiger partial charge on any atom is -0.345 e. The molecule has 0 N–H and O–H groups in total. The maximum Gasteiger partial charge on any atom is 0.432 e. The number of pyridine rings is 1. The fraction of sp³-hybridized carbons (Fsp3) is 0.357. The summed E-state index contributed by atoms with van der Waals surface area (Å²) in [5, 5.41) is 0.543. The van der Waals surface area contributed by atoms with E-state index in [0.717, 1.165) is 6.08 Å². The number of hydrogen-bond acceptors (Lipinski definition) is 4. The van der Waals surface area contributed by atoms with Crippen LogP contribution in [0, 0.1) is 0 Å². The molecule has 2 aliphatic rings. The summed E-state index contributed by atoms with van der Waals surface area (Å²) >= 11 is 12.0. The van der Waals surface area contributed by atoms with Crippen LogP contribution in [0.1, 0.15) is 12.6 Å². The first kappa shape index (κ1) is 16.3. The Hall–Kier alpha value is -1.60. The molecule has 1 aromatic rings. The number of dihydropyridines is 1. The predicted molar refractivity (Wildman–Crippen MR) is 83.4 cm³/mol. The number of alkyl halides is 3. The lowest BCUT2D eigenvalue weighted by molar-refractivity contribution is -0.0582. The number of aliphatic imine (C=N–C) groups is 2. The Morgan fingerprint density at radius 3 is 2.61 bits per heavy atom. The second kappa shape index (κ2) is 5.21. The first-order valence-corrected chi connectivity index (χ1v) is 7.37. The van der Waals surface area contributed by atoms with Crippen LogP contribution in [-0.4, -0.2) is 46.7 Å². The molecule has 0 fully saturated rings. The Kier molecular flexibility index (Phi) is 3.68. The summed E-state index contributed by atoms with van der Waals surface area (Å²) in [5.74, 6) is 0.366. The van der Waals surface area contributed by atoms with E-state index in [9.17, 15) is 13.2 Å². The van der Waals surface area contributed by atoms with Crippen molar-refractivity contribution in [1.29, 1.82) is 0 Å². The molecule has 9 heteroatoms. The molecular formula is C14H11Cl2F3N4. The molecule has 0 saturated carbocycles. The van der Waals surface area contributed by atoms with Gasteiger partial charge >= 0.3 is 6.18 Å². The average molecular weight is 363 g/mol. The molecule has 4 nitrogen and oxygen atoms in total. The molecule has 0 saturated heterocycles. The zero-order chi connectivity index (χ0) is 17.0. The van der Waals surface area contributed by atoms with Gasteiger partial charge < -0.3 is 4.90 Å². The number of allylic oxidation sites excluding steroid dienone is 1. The van der Waals surface area contributed by atoms with Crippen LogP contribution in [0.3, 0.4) is 0 Å². The van der Waals surface area contributed by atoms with Crippen LogP contribution in [0.25, 0.3) is 0 Å². The summed E-state index contributed by atoms with van der Waals surface area (Å²) in [5.41, 5.74) is -1.12. The average Bonchev–Trinajstić information content (AvgIpc) is 2.72. The molecule has 3 rings (SSSR count). The molecule has 1 unspecified atom stereocenters. The summed E-state index contributed by atoms with van der Waals surface area (Å²) in [6, 6.07) is 3.10. The second-order valence-corrected chi connectivity index (χ2v) is 6.26. The molecular weight excluding hydrogens is 352 g/mol. The number of halogens is 5. The highest BCUT2D eigenvalue weighted by molar-refractivity contribution is 6.35. The molecule has 122 valence electrons. The quantitative estimate of drug-likeness (QED) is 0.714. The van der Waals surface area contributed by atoms with Gasteiger partial charge in [-0.2, -0.15) is 13.2 Å². The van der Waals surface area contributed by atoms with Crippen LogP contribution in [0.15, 0.2) is 33.9 Å². The summed E-state index contributed by atoms with van der Waals surface area (Å²) in [6.07, 6.45) is -3.54. The van der Waals surface area contributed by atoms with Gasteiger partial charge in [-0.25, -0.2) is 9.98 Å². The van der Waals surface area contributed by atoms with Crippen molar-refractivity contribution in [1.82, 2.24) is 9.88 Å². The molecule has 0 radical (unpaired) electrons. The largest absolute Gasteiger partial charge is 0.432 e.